The molecule has 0 aliphatic carbocycles. The second-order valence-corrected chi connectivity index (χ2v) is 5.56. The van der Waals surface area contributed by atoms with Gasteiger partial charge in [0.2, 0.25) is 0 Å². The Kier molecular flexibility index (Phi) is 7.23. The molecule has 0 aromatic heterocycles. The van der Waals surface area contributed by atoms with Gasteiger partial charge in [-0.2, -0.15) is 0 Å². The van der Waals surface area contributed by atoms with Gasteiger partial charge in [-0.05, 0) is 44.0 Å². The van der Waals surface area contributed by atoms with Gasteiger partial charge in [0.1, 0.15) is 5.75 Å². The zero-order valence-corrected chi connectivity index (χ0v) is 13.5. The Morgan fingerprint density at radius 3 is 2.38 bits per heavy atom. The summed E-state index contributed by atoms with van der Waals surface area (Å²) in [6.07, 6.45) is 2.01. The van der Waals surface area contributed by atoms with Gasteiger partial charge >= 0.3 is 5.97 Å². The number of nitrogens with zero attached hydrogens (tertiary/aromatic N) is 1. The van der Waals surface area contributed by atoms with Crippen LogP contribution in [0.1, 0.15) is 32.8 Å². The van der Waals surface area contributed by atoms with E-state index in [0.717, 1.165) is 25.1 Å². The number of carboxylic acids is 1. The standard InChI is InChI=1S/C17H27NO3/c1-5-18(12-13(2)17(19)20)14(3)6-7-15-8-10-16(21-4)11-9-15/h8-11,13-14H,5-7,12H2,1-4H3,(H,19,20). The van der Waals surface area contributed by atoms with E-state index in [1.165, 1.54) is 5.56 Å². The highest BCUT2D eigenvalue weighted by Gasteiger charge is 2.19. The van der Waals surface area contributed by atoms with Crippen molar-refractivity contribution >= 4 is 5.97 Å². The van der Waals surface area contributed by atoms with Crippen LogP contribution in [-0.2, 0) is 11.2 Å². The van der Waals surface area contributed by atoms with Crippen LogP contribution in [0.15, 0.2) is 24.3 Å². The van der Waals surface area contributed by atoms with Crippen LogP contribution >= 0.6 is 0 Å². The van der Waals surface area contributed by atoms with Crippen molar-refractivity contribution in [2.75, 3.05) is 20.2 Å². The van der Waals surface area contributed by atoms with E-state index in [-0.39, 0.29) is 5.92 Å². The van der Waals surface area contributed by atoms with Crippen LogP contribution in [0.3, 0.4) is 0 Å². The number of aliphatic carboxylic acids is 1. The first kappa shape index (κ1) is 17.5. The molecule has 0 saturated carbocycles. The zero-order valence-electron chi connectivity index (χ0n) is 13.5. The quantitative estimate of drug-likeness (QED) is 0.760. The van der Waals surface area contributed by atoms with Gasteiger partial charge in [-0.3, -0.25) is 4.79 Å². The molecular weight excluding hydrogens is 266 g/mol. The summed E-state index contributed by atoms with van der Waals surface area (Å²) in [5, 5.41) is 9.03. The van der Waals surface area contributed by atoms with Crippen molar-refractivity contribution in [1.82, 2.24) is 4.90 Å². The van der Waals surface area contributed by atoms with Gasteiger partial charge in [-0.1, -0.05) is 26.0 Å². The van der Waals surface area contributed by atoms with E-state index in [2.05, 4.69) is 30.9 Å². The van der Waals surface area contributed by atoms with Crippen LogP contribution in [0.2, 0.25) is 0 Å². The Labute approximate surface area is 127 Å². The van der Waals surface area contributed by atoms with E-state index >= 15 is 0 Å². The molecule has 0 aliphatic heterocycles. The second kappa shape index (κ2) is 8.67. The van der Waals surface area contributed by atoms with Crippen LogP contribution in [0.4, 0.5) is 0 Å². The number of hydrogen-bond acceptors (Lipinski definition) is 3. The van der Waals surface area contributed by atoms with Gasteiger partial charge in [0.15, 0.2) is 0 Å². The number of aryl methyl sites for hydroxylation is 1. The van der Waals surface area contributed by atoms with Gasteiger partial charge in [-0.15, -0.1) is 0 Å². The Bertz CT molecular complexity index is 430. The van der Waals surface area contributed by atoms with Crippen molar-refractivity contribution in [2.45, 2.75) is 39.7 Å². The average Bonchev–Trinajstić information content (AvgIpc) is 2.50. The fourth-order valence-corrected chi connectivity index (χ4v) is 2.40. The molecule has 1 rings (SSSR count). The molecule has 2 unspecified atom stereocenters. The number of hydrogen-bond donors (Lipinski definition) is 1. The van der Waals surface area contributed by atoms with E-state index in [1.54, 1.807) is 14.0 Å². The summed E-state index contributed by atoms with van der Waals surface area (Å²) in [5.41, 5.74) is 1.28. The maximum Gasteiger partial charge on any atom is 0.307 e. The first-order chi connectivity index (χ1) is 9.97. The first-order valence-corrected chi connectivity index (χ1v) is 7.57. The van der Waals surface area contributed by atoms with Crippen molar-refractivity contribution < 1.29 is 14.6 Å². The summed E-state index contributed by atoms with van der Waals surface area (Å²) in [4.78, 5) is 13.2. The van der Waals surface area contributed by atoms with Crippen LogP contribution in [-0.4, -0.2) is 42.2 Å². The molecule has 0 radical (unpaired) electrons. The molecule has 1 aromatic rings. The average molecular weight is 293 g/mol. The van der Waals surface area contributed by atoms with E-state index in [9.17, 15) is 4.79 Å². The van der Waals surface area contributed by atoms with E-state index in [4.69, 9.17) is 9.84 Å². The van der Waals surface area contributed by atoms with Gasteiger partial charge in [0.05, 0.1) is 13.0 Å². The highest BCUT2D eigenvalue weighted by Crippen LogP contribution is 2.15. The molecule has 4 nitrogen and oxygen atoms in total. The first-order valence-electron chi connectivity index (χ1n) is 7.57. The molecule has 1 aromatic carbocycles. The minimum atomic E-state index is -0.726. The van der Waals surface area contributed by atoms with E-state index in [0.29, 0.717) is 12.6 Å². The van der Waals surface area contributed by atoms with Crippen LogP contribution < -0.4 is 4.74 Å². The number of methoxy groups -OCH3 is 1. The smallest absolute Gasteiger partial charge is 0.307 e. The summed E-state index contributed by atoms with van der Waals surface area (Å²) in [5.74, 6) is -0.179. The molecule has 0 spiro atoms. The summed E-state index contributed by atoms with van der Waals surface area (Å²) in [6.45, 7) is 7.50. The molecule has 4 heteroatoms. The molecule has 0 bridgehead atoms. The molecule has 118 valence electrons. The van der Waals surface area contributed by atoms with E-state index < -0.39 is 5.97 Å². The summed E-state index contributed by atoms with van der Waals surface area (Å²) >= 11 is 0. The monoisotopic (exact) mass is 293 g/mol. The van der Waals surface area contributed by atoms with Gasteiger partial charge in [-0.25, -0.2) is 0 Å². The molecule has 0 amide bonds. The number of carboxylic acid groups (broad SMARTS) is 1. The second-order valence-electron chi connectivity index (χ2n) is 5.56. The Hall–Kier alpha value is -1.55. The Morgan fingerprint density at radius 2 is 1.90 bits per heavy atom. The third-order valence-corrected chi connectivity index (χ3v) is 3.97. The Morgan fingerprint density at radius 1 is 1.29 bits per heavy atom. The van der Waals surface area contributed by atoms with Crippen molar-refractivity contribution in [3.8, 4) is 5.75 Å². The molecule has 2 atom stereocenters. The maximum absolute atomic E-state index is 11.0. The number of ether oxygens (including phenoxy) is 1. The molecule has 0 heterocycles. The lowest BCUT2D eigenvalue weighted by Gasteiger charge is -2.29. The summed E-state index contributed by atoms with van der Waals surface area (Å²) in [6, 6.07) is 8.50. The molecular formula is C17H27NO3. The van der Waals surface area contributed by atoms with Crippen molar-refractivity contribution in [3.05, 3.63) is 29.8 Å². The summed E-state index contributed by atoms with van der Waals surface area (Å²) in [7, 11) is 1.67. The fourth-order valence-electron chi connectivity index (χ4n) is 2.40. The lowest BCUT2D eigenvalue weighted by atomic mass is 10.0. The largest absolute Gasteiger partial charge is 0.497 e. The summed E-state index contributed by atoms with van der Waals surface area (Å²) < 4.78 is 5.15. The zero-order chi connectivity index (χ0) is 15.8. The molecule has 0 aliphatic rings. The van der Waals surface area contributed by atoms with E-state index in [1.807, 2.05) is 12.1 Å². The maximum atomic E-state index is 11.0. The SMILES string of the molecule is CCN(CC(C)C(=O)O)C(C)CCc1ccc(OC)cc1. The fraction of sp³-hybridized carbons (Fsp3) is 0.588. The molecule has 21 heavy (non-hydrogen) atoms. The molecule has 1 N–H and O–H groups in total. The van der Waals surface area contributed by atoms with Crippen LogP contribution in [0.25, 0.3) is 0 Å². The number of benzene rings is 1. The predicted molar refractivity (Wildman–Crippen MR) is 84.8 cm³/mol. The van der Waals surface area contributed by atoms with Gasteiger partial charge in [0, 0.05) is 12.6 Å². The van der Waals surface area contributed by atoms with Gasteiger partial charge in [0.25, 0.3) is 0 Å². The minimum Gasteiger partial charge on any atom is -0.497 e. The molecule has 0 fully saturated rings. The van der Waals surface area contributed by atoms with Crippen molar-refractivity contribution in [2.24, 2.45) is 5.92 Å². The van der Waals surface area contributed by atoms with Gasteiger partial charge < -0.3 is 14.7 Å². The lowest BCUT2D eigenvalue weighted by molar-refractivity contribution is -0.141. The molecule has 0 saturated heterocycles. The van der Waals surface area contributed by atoms with Crippen LogP contribution in [0, 0.1) is 5.92 Å². The lowest BCUT2D eigenvalue weighted by Crippen LogP contribution is -2.38. The third kappa shape index (κ3) is 5.76. The predicted octanol–water partition coefficient (Wildman–Crippen LogP) is 3.06. The van der Waals surface area contributed by atoms with Crippen molar-refractivity contribution in [3.63, 3.8) is 0 Å². The topological polar surface area (TPSA) is 49.8 Å². The minimum absolute atomic E-state index is 0.326. The number of carbonyl (C=O) groups is 1. The normalized spacial score (nSPS) is 14.0. The van der Waals surface area contributed by atoms with Crippen LogP contribution in [0.5, 0.6) is 5.75 Å². The third-order valence-electron chi connectivity index (χ3n) is 3.97. The Balaban J connectivity index is 2.49. The van der Waals surface area contributed by atoms with Crippen molar-refractivity contribution in [1.29, 1.82) is 0 Å². The number of rotatable bonds is 9. The highest BCUT2D eigenvalue weighted by atomic mass is 16.5. The highest BCUT2D eigenvalue weighted by molar-refractivity contribution is 5.69.